The summed E-state index contributed by atoms with van der Waals surface area (Å²) in [7, 11) is 1.54. The van der Waals surface area contributed by atoms with Crippen LogP contribution >= 0.6 is 23.2 Å². The Bertz CT molecular complexity index is 594. The second-order valence-corrected chi connectivity index (χ2v) is 5.28. The molecule has 0 radical (unpaired) electrons. The highest BCUT2D eigenvalue weighted by Gasteiger charge is 2.26. The highest BCUT2D eigenvalue weighted by Crippen LogP contribution is 2.35. The fraction of sp³-hybridized carbons (Fsp3) is 0.200. The Morgan fingerprint density at radius 3 is 2.37 bits per heavy atom. The number of benzene rings is 2. The van der Waals surface area contributed by atoms with E-state index in [1.54, 1.807) is 50.4 Å². The molecular weight excluding hydrogens is 283 g/mol. The van der Waals surface area contributed by atoms with Crippen molar-refractivity contribution in [2.45, 2.75) is 12.5 Å². The summed E-state index contributed by atoms with van der Waals surface area (Å²) in [6, 6.07) is 12.3. The first kappa shape index (κ1) is 14.2. The smallest absolute Gasteiger partial charge is 0.137 e. The fourth-order valence-corrected chi connectivity index (χ4v) is 2.31. The normalized spacial score (nSPS) is 13.9. The topological polar surface area (TPSA) is 29.5 Å². The molecule has 0 aliphatic rings. The van der Waals surface area contributed by atoms with Crippen molar-refractivity contribution in [1.82, 2.24) is 0 Å². The molecule has 100 valence electrons. The van der Waals surface area contributed by atoms with Gasteiger partial charge in [0.05, 0.1) is 12.1 Å². The molecule has 0 aliphatic heterocycles. The fourth-order valence-electron chi connectivity index (χ4n) is 1.92. The Hall–Kier alpha value is -1.22. The van der Waals surface area contributed by atoms with Crippen molar-refractivity contribution < 1.29 is 9.84 Å². The molecule has 2 nitrogen and oxygen atoms in total. The number of ether oxygens (including phenoxy) is 1. The lowest BCUT2D eigenvalue weighted by molar-refractivity contribution is 0.102. The van der Waals surface area contributed by atoms with E-state index in [0.29, 0.717) is 26.9 Å². The second kappa shape index (κ2) is 5.41. The van der Waals surface area contributed by atoms with Gasteiger partial charge >= 0.3 is 0 Å². The Balaban J connectivity index is 2.49. The van der Waals surface area contributed by atoms with E-state index in [0.717, 1.165) is 0 Å². The summed E-state index contributed by atoms with van der Waals surface area (Å²) in [6.07, 6.45) is 0. The first-order chi connectivity index (χ1) is 8.95. The maximum Gasteiger partial charge on any atom is 0.137 e. The third-order valence-electron chi connectivity index (χ3n) is 3.10. The zero-order valence-electron chi connectivity index (χ0n) is 10.7. The molecule has 0 bridgehead atoms. The highest BCUT2D eigenvalue weighted by molar-refractivity contribution is 6.32. The van der Waals surface area contributed by atoms with E-state index in [2.05, 4.69) is 0 Å². The summed E-state index contributed by atoms with van der Waals surface area (Å²) >= 11 is 12.0. The summed E-state index contributed by atoms with van der Waals surface area (Å²) < 4.78 is 5.17. The van der Waals surface area contributed by atoms with Gasteiger partial charge in [-0.15, -0.1) is 0 Å². The molecule has 0 saturated carbocycles. The van der Waals surface area contributed by atoms with Gasteiger partial charge in [-0.05, 0) is 42.3 Å². The van der Waals surface area contributed by atoms with E-state index >= 15 is 0 Å². The van der Waals surface area contributed by atoms with E-state index < -0.39 is 5.60 Å². The first-order valence-corrected chi connectivity index (χ1v) is 6.53. The molecule has 0 aromatic heterocycles. The van der Waals surface area contributed by atoms with Crippen LogP contribution in [-0.2, 0) is 5.60 Å². The molecule has 2 aromatic carbocycles. The number of halogens is 2. The van der Waals surface area contributed by atoms with E-state index in [-0.39, 0.29) is 0 Å². The van der Waals surface area contributed by atoms with Gasteiger partial charge in [-0.3, -0.25) is 0 Å². The number of hydrogen-bond acceptors (Lipinski definition) is 2. The molecule has 0 heterocycles. The predicted octanol–water partition coefficient (Wildman–Crippen LogP) is 4.26. The zero-order valence-corrected chi connectivity index (χ0v) is 12.2. The maximum absolute atomic E-state index is 10.7. The van der Waals surface area contributed by atoms with Crippen LogP contribution in [-0.4, -0.2) is 12.2 Å². The first-order valence-electron chi connectivity index (χ1n) is 5.77. The van der Waals surface area contributed by atoms with Gasteiger partial charge in [-0.25, -0.2) is 0 Å². The monoisotopic (exact) mass is 296 g/mol. The van der Waals surface area contributed by atoms with Crippen molar-refractivity contribution in [1.29, 1.82) is 0 Å². The molecule has 2 rings (SSSR count). The molecule has 2 aromatic rings. The number of aliphatic hydroxyl groups is 1. The molecule has 0 fully saturated rings. The minimum absolute atomic E-state index is 0.508. The van der Waals surface area contributed by atoms with Crippen molar-refractivity contribution >= 4 is 23.2 Å². The van der Waals surface area contributed by atoms with Crippen molar-refractivity contribution in [2.24, 2.45) is 0 Å². The second-order valence-electron chi connectivity index (χ2n) is 4.43. The standard InChI is InChI=1S/C15H14Cl2O2/c1-15(18,10-4-3-5-12(16)8-10)11-6-7-13(17)14(9-11)19-2/h3-9,18H,1-2H3. The van der Waals surface area contributed by atoms with Crippen LogP contribution in [0.5, 0.6) is 5.75 Å². The van der Waals surface area contributed by atoms with Crippen LogP contribution in [0.1, 0.15) is 18.1 Å². The summed E-state index contributed by atoms with van der Waals surface area (Å²) in [5, 5.41) is 11.8. The van der Waals surface area contributed by atoms with Crippen LogP contribution in [0.2, 0.25) is 10.0 Å². The lowest BCUT2D eigenvalue weighted by atomic mass is 9.88. The summed E-state index contributed by atoms with van der Waals surface area (Å²) in [5.74, 6) is 0.529. The molecule has 0 amide bonds. The van der Waals surface area contributed by atoms with Gasteiger partial charge in [-0.2, -0.15) is 0 Å². The Morgan fingerprint density at radius 2 is 1.74 bits per heavy atom. The summed E-state index contributed by atoms with van der Waals surface area (Å²) in [4.78, 5) is 0. The van der Waals surface area contributed by atoms with E-state index in [4.69, 9.17) is 27.9 Å². The van der Waals surface area contributed by atoms with E-state index in [1.165, 1.54) is 0 Å². The van der Waals surface area contributed by atoms with Crippen molar-refractivity contribution in [3.8, 4) is 5.75 Å². The summed E-state index contributed by atoms with van der Waals surface area (Å²) in [5.41, 5.74) is 0.239. The predicted molar refractivity (Wildman–Crippen MR) is 78.1 cm³/mol. The Kier molecular flexibility index (Phi) is 4.04. The Labute approximate surface area is 122 Å². The SMILES string of the molecule is COc1cc(C(C)(O)c2cccc(Cl)c2)ccc1Cl. The molecule has 1 atom stereocenters. The number of rotatable bonds is 3. The molecular formula is C15H14Cl2O2. The molecule has 19 heavy (non-hydrogen) atoms. The van der Waals surface area contributed by atoms with Gasteiger partial charge < -0.3 is 9.84 Å². The van der Waals surface area contributed by atoms with Crippen LogP contribution < -0.4 is 4.74 Å². The lowest BCUT2D eigenvalue weighted by Gasteiger charge is -2.25. The molecule has 1 N–H and O–H groups in total. The van der Waals surface area contributed by atoms with Gasteiger partial charge in [0.2, 0.25) is 0 Å². The minimum Gasteiger partial charge on any atom is -0.495 e. The quantitative estimate of drug-likeness (QED) is 0.917. The average Bonchev–Trinajstić information content (AvgIpc) is 2.39. The lowest BCUT2D eigenvalue weighted by Crippen LogP contribution is -2.22. The van der Waals surface area contributed by atoms with Gasteiger partial charge in [0.25, 0.3) is 0 Å². The highest BCUT2D eigenvalue weighted by atomic mass is 35.5. The van der Waals surface area contributed by atoms with Gasteiger partial charge in [-0.1, -0.05) is 41.4 Å². The van der Waals surface area contributed by atoms with Crippen LogP contribution in [0.4, 0.5) is 0 Å². The average molecular weight is 297 g/mol. The Morgan fingerprint density at radius 1 is 1.05 bits per heavy atom. The van der Waals surface area contributed by atoms with Crippen molar-refractivity contribution in [3.05, 3.63) is 63.6 Å². The van der Waals surface area contributed by atoms with Gasteiger partial charge in [0.1, 0.15) is 11.4 Å². The van der Waals surface area contributed by atoms with Crippen LogP contribution in [0.15, 0.2) is 42.5 Å². The largest absolute Gasteiger partial charge is 0.495 e. The molecule has 0 spiro atoms. The molecule has 4 heteroatoms. The minimum atomic E-state index is -1.16. The zero-order chi connectivity index (χ0) is 14.0. The third kappa shape index (κ3) is 2.86. The van der Waals surface area contributed by atoms with E-state index in [9.17, 15) is 5.11 Å². The number of hydrogen-bond donors (Lipinski definition) is 1. The number of methoxy groups -OCH3 is 1. The third-order valence-corrected chi connectivity index (χ3v) is 3.65. The van der Waals surface area contributed by atoms with Crippen molar-refractivity contribution in [2.75, 3.05) is 7.11 Å². The van der Waals surface area contributed by atoms with Gasteiger partial charge in [0, 0.05) is 5.02 Å². The molecule has 0 aliphatic carbocycles. The maximum atomic E-state index is 10.7. The van der Waals surface area contributed by atoms with E-state index in [1.807, 2.05) is 6.07 Å². The van der Waals surface area contributed by atoms with Crippen LogP contribution in [0.25, 0.3) is 0 Å². The molecule has 0 saturated heterocycles. The molecule has 1 unspecified atom stereocenters. The van der Waals surface area contributed by atoms with Crippen LogP contribution in [0, 0.1) is 0 Å². The van der Waals surface area contributed by atoms with Crippen LogP contribution in [0.3, 0.4) is 0 Å². The summed E-state index contributed by atoms with van der Waals surface area (Å²) in [6.45, 7) is 1.71. The van der Waals surface area contributed by atoms with Gasteiger partial charge in [0.15, 0.2) is 0 Å². The van der Waals surface area contributed by atoms with Crippen molar-refractivity contribution in [3.63, 3.8) is 0 Å².